The molecule has 0 nitrogen and oxygen atoms in total. The molecule has 1 aliphatic heterocycles. The molecule has 0 amide bonds. The first kappa shape index (κ1) is 8.04. The molecular formula is C8H10ClP. The minimum atomic E-state index is 0.731. The summed E-state index contributed by atoms with van der Waals surface area (Å²) in [6.45, 7) is 5.95. The number of rotatable bonds is 0. The first-order valence-electron chi connectivity index (χ1n) is 3.19. The normalized spacial score (nSPS) is 25.6. The lowest BCUT2D eigenvalue weighted by molar-refractivity contribution is 1.42. The summed E-state index contributed by atoms with van der Waals surface area (Å²) >= 11 is 5.85. The van der Waals surface area contributed by atoms with Crippen molar-refractivity contribution >= 4 is 20.2 Å². The Hall–Kier alpha value is -0.0600. The third-order valence-corrected chi connectivity index (χ3v) is 3.07. The molecule has 0 aromatic heterocycles. The first-order chi connectivity index (χ1) is 4.74. The Morgan fingerprint density at radius 2 is 2.50 bits per heavy atom. The van der Waals surface area contributed by atoms with E-state index in [4.69, 9.17) is 11.6 Å². The molecule has 2 heteroatoms. The van der Waals surface area contributed by atoms with E-state index < -0.39 is 0 Å². The highest BCUT2D eigenvalue weighted by Crippen LogP contribution is 2.37. The van der Waals surface area contributed by atoms with Crippen molar-refractivity contribution in [3.8, 4) is 0 Å². The van der Waals surface area contributed by atoms with Gasteiger partial charge in [0.1, 0.15) is 0 Å². The molecule has 0 saturated heterocycles. The molecule has 0 aromatic rings. The first-order valence-corrected chi connectivity index (χ1v) is 4.78. The van der Waals surface area contributed by atoms with Crippen molar-refractivity contribution < 1.29 is 0 Å². The Morgan fingerprint density at radius 3 is 3.00 bits per heavy atom. The fraction of sp³-hybridized carbons (Fsp3) is 0.250. The lowest BCUT2D eigenvalue weighted by Crippen LogP contribution is -1.92. The van der Waals surface area contributed by atoms with Gasteiger partial charge in [0.05, 0.1) is 0 Å². The van der Waals surface area contributed by atoms with E-state index in [2.05, 4.69) is 6.58 Å². The fourth-order valence-corrected chi connectivity index (χ4v) is 2.03. The average molecular weight is 173 g/mol. The second-order valence-corrected chi connectivity index (χ2v) is 4.16. The Labute approximate surface area is 68.4 Å². The minimum Gasteiger partial charge on any atom is -0.0949 e. The van der Waals surface area contributed by atoms with Crippen molar-refractivity contribution in [1.29, 1.82) is 0 Å². The van der Waals surface area contributed by atoms with E-state index in [9.17, 15) is 0 Å². The summed E-state index contributed by atoms with van der Waals surface area (Å²) in [6, 6.07) is 0. The van der Waals surface area contributed by atoms with Crippen LogP contribution in [0, 0.1) is 0 Å². The van der Waals surface area contributed by atoms with E-state index in [0.29, 0.717) is 0 Å². The molecule has 0 saturated carbocycles. The molecule has 0 aliphatic carbocycles. The van der Waals surface area contributed by atoms with Crippen molar-refractivity contribution in [2.75, 3.05) is 6.16 Å². The zero-order valence-corrected chi connectivity index (χ0v) is 7.70. The molecule has 0 aromatic carbocycles. The lowest BCUT2D eigenvalue weighted by Gasteiger charge is -2.12. The van der Waals surface area contributed by atoms with E-state index in [1.165, 1.54) is 11.1 Å². The van der Waals surface area contributed by atoms with Gasteiger partial charge in [-0.05, 0) is 30.3 Å². The van der Waals surface area contributed by atoms with Crippen LogP contribution in [0.2, 0.25) is 0 Å². The predicted molar refractivity (Wildman–Crippen MR) is 50.0 cm³/mol. The molecular weight excluding hydrogens is 163 g/mol. The van der Waals surface area contributed by atoms with Crippen LogP contribution in [0.25, 0.3) is 0 Å². The summed E-state index contributed by atoms with van der Waals surface area (Å²) in [7, 11) is 0.731. The van der Waals surface area contributed by atoms with Gasteiger partial charge in [0.15, 0.2) is 0 Å². The van der Waals surface area contributed by atoms with Gasteiger partial charge in [-0.15, -0.1) is 0 Å². The van der Waals surface area contributed by atoms with E-state index in [1.807, 2.05) is 19.1 Å². The van der Waals surface area contributed by atoms with Crippen molar-refractivity contribution in [3.05, 3.63) is 34.7 Å². The third-order valence-electron chi connectivity index (χ3n) is 1.47. The van der Waals surface area contributed by atoms with Crippen LogP contribution in [-0.2, 0) is 0 Å². The molecule has 0 fully saturated rings. The Morgan fingerprint density at radius 1 is 1.80 bits per heavy atom. The molecule has 1 rings (SSSR count). The van der Waals surface area contributed by atoms with Crippen LogP contribution in [0.1, 0.15) is 6.92 Å². The van der Waals surface area contributed by atoms with Crippen LogP contribution in [0.5, 0.6) is 0 Å². The van der Waals surface area contributed by atoms with Gasteiger partial charge in [-0.3, -0.25) is 0 Å². The molecule has 1 atom stereocenters. The van der Waals surface area contributed by atoms with Crippen molar-refractivity contribution in [3.63, 3.8) is 0 Å². The van der Waals surface area contributed by atoms with Gasteiger partial charge in [-0.1, -0.05) is 32.8 Å². The summed E-state index contributed by atoms with van der Waals surface area (Å²) in [5.41, 5.74) is 2.41. The molecule has 10 heavy (non-hydrogen) atoms. The fourth-order valence-electron chi connectivity index (χ4n) is 0.870. The van der Waals surface area contributed by atoms with Gasteiger partial charge >= 0.3 is 0 Å². The summed E-state index contributed by atoms with van der Waals surface area (Å²) in [6.07, 6.45) is 5.09. The summed E-state index contributed by atoms with van der Waals surface area (Å²) in [5, 5.41) is 0. The highest BCUT2D eigenvalue weighted by Gasteiger charge is 2.07. The largest absolute Gasteiger partial charge is 0.0949 e. The zero-order chi connectivity index (χ0) is 7.56. The molecule has 0 spiro atoms. The topological polar surface area (TPSA) is 0 Å². The minimum absolute atomic E-state index is 0.731. The van der Waals surface area contributed by atoms with Crippen LogP contribution in [0.3, 0.4) is 0 Å². The Balaban J connectivity index is 2.89. The molecule has 1 unspecified atom stereocenters. The quantitative estimate of drug-likeness (QED) is 0.492. The molecule has 54 valence electrons. The van der Waals surface area contributed by atoms with Crippen LogP contribution >= 0.6 is 20.2 Å². The maximum absolute atomic E-state index is 5.85. The van der Waals surface area contributed by atoms with Gasteiger partial charge in [0.2, 0.25) is 0 Å². The zero-order valence-electron chi connectivity index (χ0n) is 5.95. The van der Waals surface area contributed by atoms with Crippen LogP contribution < -0.4 is 0 Å². The number of allylic oxidation sites excluding steroid dienone is 4. The molecule has 1 aliphatic rings. The summed E-state index contributed by atoms with van der Waals surface area (Å²) < 4.78 is 0.973. The smallest absolute Gasteiger partial charge is 0.0391 e. The third kappa shape index (κ3) is 1.71. The second-order valence-electron chi connectivity index (χ2n) is 2.19. The summed E-state index contributed by atoms with van der Waals surface area (Å²) in [4.78, 5) is 0. The second kappa shape index (κ2) is 3.37. The number of hydrogen-bond acceptors (Lipinski definition) is 0. The Kier molecular flexibility index (Phi) is 2.71. The van der Waals surface area contributed by atoms with Crippen molar-refractivity contribution in [1.82, 2.24) is 0 Å². The van der Waals surface area contributed by atoms with Gasteiger partial charge in [-0.2, -0.15) is 0 Å². The lowest BCUT2D eigenvalue weighted by atomic mass is 10.1. The van der Waals surface area contributed by atoms with E-state index >= 15 is 0 Å². The van der Waals surface area contributed by atoms with Gasteiger partial charge in [0.25, 0.3) is 0 Å². The van der Waals surface area contributed by atoms with Crippen LogP contribution in [0.15, 0.2) is 34.7 Å². The van der Waals surface area contributed by atoms with Crippen molar-refractivity contribution in [2.24, 2.45) is 0 Å². The van der Waals surface area contributed by atoms with Gasteiger partial charge in [0, 0.05) is 4.77 Å². The maximum Gasteiger partial charge on any atom is 0.0391 e. The van der Waals surface area contributed by atoms with E-state index in [-0.39, 0.29) is 0 Å². The SMILES string of the molecule is C=C1CPC(Cl)=C/C1=C\C. The van der Waals surface area contributed by atoms with Crippen LogP contribution in [-0.4, -0.2) is 6.16 Å². The van der Waals surface area contributed by atoms with Crippen LogP contribution in [0.4, 0.5) is 0 Å². The van der Waals surface area contributed by atoms with E-state index in [0.717, 1.165) is 19.5 Å². The monoisotopic (exact) mass is 172 g/mol. The Bertz CT molecular complexity index is 213. The molecule has 1 heterocycles. The van der Waals surface area contributed by atoms with Gasteiger partial charge in [-0.25, -0.2) is 0 Å². The van der Waals surface area contributed by atoms with Gasteiger partial charge < -0.3 is 0 Å². The number of halogens is 1. The molecule has 0 radical (unpaired) electrons. The van der Waals surface area contributed by atoms with Crippen molar-refractivity contribution in [2.45, 2.75) is 6.92 Å². The van der Waals surface area contributed by atoms with E-state index in [1.54, 1.807) is 0 Å². The predicted octanol–water partition coefficient (Wildman–Crippen LogP) is 3.26. The maximum atomic E-state index is 5.85. The molecule has 0 N–H and O–H groups in total. The highest BCUT2D eigenvalue weighted by molar-refractivity contribution is 7.46. The average Bonchev–Trinajstić information content (AvgIpc) is 1.94. The molecule has 0 bridgehead atoms. The number of hydrogen-bond donors (Lipinski definition) is 0. The summed E-state index contributed by atoms with van der Waals surface area (Å²) in [5.74, 6) is 0. The standard InChI is InChI=1S/C8H10ClP/c1-3-7-4-8(9)10-5-6(7)2/h3-4,10H,2,5H2,1H3/b7-3+. The highest BCUT2D eigenvalue weighted by atomic mass is 35.5.